The molecule has 1 saturated heterocycles. The van der Waals surface area contributed by atoms with E-state index in [0.717, 1.165) is 23.5 Å². The molecule has 2 aromatic carbocycles. The summed E-state index contributed by atoms with van der Waals surface area (Å²) in [7, 11) is 0. The zero-order valence-corrected chi connectivity index (χ0v) is 15.3. The Balaban J connectivity index is 1.68. The van der Waals surface area contributed by atoms with E-state index in [1.807, 2.05) is 36.4 Å². The summed E-state index contributed by atoms with van der Waals surface area (Å²) in [6, 6.07) is 18.0. The summed E-state index contributed by atoms with van der Waals surface area (Å²) in [5.74, 6) is 0.854. The fraction of sp³-hybridized carbons (Fsp3) is 0.190. The molecule has 0 radical (unpaired) electrons. The molecule has 28 heavy (non-hydrogen) atoms. The Bertz CT molecular complexity index is 958. The molecule has 1 aliphatic heterocycles. The summed E-state index contributed by atoms with van der Waals surface area (Å²) in [6.07, 6.45) is 0.879. The molecule has 1 N–H and O–H groups in total. The third-order valence-corrected chi connectivity index (χ3v) is 4.65. The Morgan fingerprint density at radius 1 is 0.929 bits per heavy atom. The van der Waals surface area contributed by atoms with Gasteiger partial charge in [0.2, 0.25) is 12.4 Å². The Hall–Kier alpha value is -3.48. The van der Waals surface area contributed by atoms with E-state index in [1.54, 1.807) is 17.0 Å². The van der Waals surface area contributed by atoms with Gasteiger partial charge < -0.3 is 15.1 Å². The molecule has 0 bridgehead atoms. The molecule has 4 rings (SSSR count). The third kappa shape index (κ3) is 4.09. The Morgan fingerprint density at radius 2 is 1.71 bits per heavy atom. The zero-order valence-electron chi connectivity index (χ0n) is 15.3. The molecule has 1 fully saturated rings. The van der Waals surface area contributed by atoms with E-state index < -0.39 is 0 Å². The number of carbonyl (C=O) groups is 1. The first-order valence-electron chi connectivity index (χ1n) is 9.13. The first-order chi connectivity index (χ1) is 13.7. The van der Waals surface area contributed by atoms with Crippen LogP contribution in [0.5, 0.6) is 0 Å². The minimum absolute atomic E-state index is 0.325. The van der Waals surface area contributed by atoms with Gasteiger partial charge in [-0.05, 0) is 18.2 Å². The number of anilines is 3. The van der Waals surface area contributed by atoms with Crippen LogP contribution in [0.25, 0.3) is 11.3 Å². The highest BCUT2D eigenvalue weighted by Gasteiger charge is 2.19. The number of piperazine rings is 1. The van der Waals surface area contributed by atoms with Gasteiger partial charge in [0.25, 0.3) is 0 Å². The van der Waals surface area contributed by atoms with E-state index in [2.05, 4.69) is 20.2 Å². The number of halogens is 1. The first kappa shape index (κ1) is 17.9. The molecular weight excluding hydrogens is 357 g/mol. The van der Waals surface area contributed by atoms with Crippen molar-refractivity contribution in [2.75, 3.05) is 36.4 Å². The van der Waals surface area contributed by atoms with Crippen molar-refractivity contribution in [2.24, 2.45) is 0 Å². The fourth-order valence-electron chi connectivity index (χ4n) is 3.16. The fourth-order valence-corrected chi connectivity index (χ4v) is 3.16. The molecule has 142 valence electrons. The predicted molar refractivity (Wildman–Crippen MR) is 107 cm³/mol. The summed E-state index contributed by atoms with van der Waals surface area (Å²) in [6.45, 7) is 2.70. The average Bonchev–Trinajstić information content (AvgIpc) is 2.74. The molecule has 0 unspecified atom stereocenters. The van der Waals surface area contributed by atoms with E-state index in [0.29, 0.717) is 37.8 Å². The minimum Gasteiger partial charge on any atom is -0.353 e. The Labute approximate surface area is 162 Å². The maximum absolute atomic E-state index is 13.5. The zero-order chi connectivity index (χ0) is 19.3. The number of benzene rings is 2. The van der Waals surface area contributed by atoms with E-state index in [1.165, 1.54) is 12.1 Å². The molecule has 1 amide bonds. The third-order valence-electron chi connectivity index (χ3n) is 4.65. The van der Waals surface area contributed by atoms with Gasteiger partial charge in [-0.15, -0.1) is 0 Å². The molecule has 0 aliphatic carbocycles. The van der Waals surface area contributed by atoms with Crippen LogP contribution in [0.4, 0.5) is 21.8 Å². The van der Waals surface area contributed by atoms with Gasteiger partial charge in [-0.25, -0.2) is 9.37 Å². The summed E-state index contributed by atoms with van der Waals surface area (Å²) in [5, 5.41) is 3.10. The Kier molecular flexibility index (Phi) is 5.14. The van der Waals surface area contributed by atoms with Gasteiger partial charge >= 0.3 is 0 Å². The normalized spacial score (nSPS) is 14.0. The summed E-state index contributed by atoms with van der Waals surface area (Å²) >= 11 is 0. The molecule has 0 atom stereocenters. The maximum Gasteiger partial charge on any atom is 0.229 e. The molecule has 1 aliphatic rings. The topological polar surface area (TPSA) is 61.4 Å². The number of carbonyl (C=O) groups excluding carboxylic acids is 1. The molecule has 1 aromatic heterocycles. The highest BCUT2D eigenvalue weighted by atomic mass is 19.1. The summed E-state index contributed by atoms with van der Waals surface area (Å²) in [5.41, 5.74) is 2.34. The molecule has 0 saturated carbocycles. The van der Waals surface area contributed by atoms with Gasteiger partial charge in [0.05, 0.1) is 5.69 Å². The van der Waals surface area contributed by atoms with Gasteiger partial charge in [-0.3, -0.25) is 4.79 Å². The largest absolute Gasteiger partial charge is 0.353 e. The molecule has 0 spiro atoms. The second-order valence-electron chi connectivity index (χ2n) is 6.56. The van der Waals surface area contributed by atoms with Crippen molar-refractivity contribution in [3.05, 3.63) is 66.5 Å². The number of hydrogen-bond acceptors (Lipinski definition) is 5. The molecule has 3 aromatic rings. The predicted octanol–water partition coefficient (Wildman–Crippen LogP) is 3.30. The average molecular weight is 377 g/mol. The van der Waals surface area contributed by atoms with Crippen LogP contribution in [0.1, 0.15) is 0 Å². The number of nitrogens with zero attached hydrogens (tertiary/aromatic N) is 4. The van der Waals surface area contributed by atoms with Crippen molar-refractivity contribution in [1.82, 2.24) is 14.9 Å². The number of rotatable bonds is 5. The van der Waals surface area contributed by atoms with Crippen molar-refractivity contribution in [2.45, 2.75) is 0 Å². The van der Waals surface area contributed by atoms with Gasteiger partial charge in [-0.1, -0.05) is 36.4 Å². The monoisotopic (exact) mass is 377 g/mol. The van der Waals surface area contributed by atoms with Crippen LogP contribution in [0.2, 0.25) is 0 Å². The van der Waals surface area contributed by atoms with Crippen LogP contribution in [0.3, 0.4) is 0 Å². The lowest BCUT2D eigenvalue weighted by molar-refractivity contribution is -0.118. The van der Waals surface area contributed by atoms with Crippen LogP contribution >= 0.6 is 0 Å². The van der Waals surface area contributed by atoms with E-state index in [4.69, 9.17) is 0 Å². The van der Waals surface area contributed by atoms with Crippen molar-refractivity contribution in [1.29, 1.82) is 0 Å². The second-order valence-corrected chi connectivity index (χ2v) is 6.56. The quantitative estimate of drug-likeness (QED) is 0.692. The lowest BCUT2D eigenvalue weighted by Crippen LogP contribution is -2.46. The summed E-state index contributed by atoms with van der Waals surface area (Å²) in [4.78, 5) is 24.1. The van der Waals surface area contributed by atoms with Gasteiger partial charge in [0, 0.05) is 43.5 Å². The molecule has 7 heteroatoms. The summed E-state index contributed by atoms with van der Waals surface area (Å²) < 4.78 is 13.5. The number of amides is 1. The van der Waals surface area contributed by atoms with Crippen LogP contribution in [-0.2, 0) is 4.79 Å². The highest BCUT2D eigenvalue weighted by molar-refractivity contribution is 5.66. The number of hydrogen-bond donors (Lipinski definition) is 1. The van der Waals surface area contributed by atoms with Crippen molar-refractivity contribution < 1.29 is 9.18 Å². The van der Waals surface area contributed by atoms with Crippen LogP contribution in [-0.4, -0.2) is 47.5 Å². The lowest BCUT2D eigenvalue weighted by atomic mass is 10.1. The number of nitrogens with one attached hydrogen (secondary N) is 1. The van der Waals surface area contributed by atoms with Crippen LogP contribution in [0.15, 0.2) is 60.7 Å². The molecule has 2 heterocycles. The highest BCUT2D eigenvalue weighted by Crippen LogP contribution is 2.25. The second kappa shape index (κ2) is 8.04. The number of aromatic nitrogens is 2. The molecular formula is C21H20FN5O. The minimum atomic E-state index is -0.325. The molecule has 6 nitrogen and oxygen atoms in total. The van der Waals surface area contributed by atoms with Crippen LogP contribution < -0.4 is 10.2 Å². The lowest BCUT2D eigenvalue weighted by Gasteiger charge is -2.33. The van der Waals surface area contributed by atoms with E-state index in [9.17, 15) is 9.18 Å². The SMILES string of the molecule is O=CN1CCN(c2cc(-c3ccccc3)nc(Nc3cccc(F)c3)n2)CC1. The van der Waals surface area contributed by atoms with Crippen molar-refractivity contribution in [3.8, 4) is 11.3 Å². The van der Waals surface area contributed by atoms with E-state index in [-0.39, 0.29) is 5.82 Å². The van der Waals surface area contributed by atoms with E-state index >= 15 is 0 Å². The Morgan fingerprint density at radius 3 is 2.43 bits per heavy atom. The standard InChI is InChI=1S/C21H20FN5O/c22-17-7-4-8-18(13-17)23-21-24-19(16-5-2-1-3-6-16)14-20(25-21)27-11-9-26(15-28)10-12-27/h1-8,13-15H,9-12H2,(H,23,24,25). The first-order valence-corrected chi connectivity index (χ1v) is 9.13. The van der Waals surface area contributed by atoms with Gasteiger partial charge in [-0.2, -0.15) is 4.98 Å². The van der Waals surface area contributed by atoms with Crippen LogP contribution in [0, 0.1) is 5.82 Å². The van der Waals surface area contributed by atoms with Crippen molar-refractivity contribution >= 4 is 23.9 Å². The van der Waals surface area contributed by atoms with Gasteiger partial charge in [0.1, 0.15) is 11.6 Å². The maximum atomic E-state index is 13.5. The smallest absolute Gasteiger partial charge is 0.229 e. The van der Waals surface area contributed by atoms with Gasteiger partial charge in [0.15, 0.2) is 0 Å². The van der Waals surface area contributed by atoms with Crippen molar-refractivity contribution in [3.63, 3.8) is 0 Å².